The molecular weight excluding hydrogens is 216 g/mol. The van der Waals surface area contributed by atoms with Gasteiger partial charge in [0.05, 0.1) is 0 Å². The van der Waals surface area contributed by atoms with E-state index in [1.807, 2.05) is 12.1 Å². The van der Waals surface area contributed by atoms with Crippen LogP contribution in [0, 0.1) is 0 Å². The van der Waals surface area contributed by atoms with Crippen LogP contribution in [0.4, 0.5) is 11.4 Å². The number of carbonyl (C=O) groups is 2. The minimum Gasteiger partial charge on any atom is -0.328 e. The molecule has 0 aliphatic heterocycles. The second kappa shape index (κ2) is 4.99. The molecule has 0 unspecified atom stereocenters. The summed E-state index contributed by atoms with van der Waals surface area (Å²) in [5, 5.41) is 5.35. The van der Waals surface area contributed by atoms with Crippen molar-refractivity contribution in [3.05, 3.63) is 23.8 Å². The van der Waals surface area contributed by atoms with Crippen LogP contribution in [0.25, 0.3) is 0 Å². The van der Waals surface area contributed by atoms with Crippen molar-refractivity contribution in [1.29, 1.82) is 0 Å². The normalized spacial score (nSPS) is 10.8. The third-order valence-corrected chi connectivity index (χ3v) is 2.36. The lowest BCUT2D eigenvalue weighted by molar-refractivity contribution is -0.114. The summed E-state index contributed by atoms with van der Waals surface area (Å²) in [6.07, 6.45) is 0.641. The molecule has 1 aromatic rings. The van der Waals surface area contributed by atoms with E-state index in [1.54, 1.807) is 6.07 Å². The summed E-state index contributed by atoms with van der Waals surface area (Å²) in [7, 11) is 0. The lowest BCUT2D eigenvalue weighted by Crippen LogP contribution is -2.15. The Kier molecular flexibility index (Phi) is 3.89. The second-order valence-corrected chi connectivity index (χ2v) is 4.95. The number of nitrogens with one attached hydrogen (secondary N) is 2. The largest absolute Gasteiger partial charge is 0.328 e. The molecule has 2 amide bonds. The van der Waals surface area contributed by atoms with Gasteiger partial charge in [-0.05, 0) is 23.1 Å². The fourth-order valence-electron chi connectivity index (χ4n) is 1.66. The van der Waals surface area contributed by atoms with Crippen LogP contribution in [-0.4, -0.2) is 12.3 Å². The number of hydrogen-bond acceptors (Lipinski definition) is 2. The molecule has 1 aromatic carbocycles. The average molecular weight is 234 g/mol. The molecule has 2 N–H and O–H groups in total. The quantitative estimate of drug-likeness (QED) is 0.789. The maximum absolute atomic E-state index is 11.0. The van der Waals surface area contributed by atoms with Crippen LogP contribution >= 0.6 is 0 Å². The second-order valence-electron chi connectivity index (χ2n) is 4.95. The Bertz CT molecular complexity index is 434. The molecule has 0 radical (unpaired) electrons. The summed E-state index contributed by atoms with van der Waals surface area (Å²) in [4.78, 5) is 21.6. The first-order valence-corrected chi connectivity index (χ1v) is 5.47. The number of amides is 2. The Morgan fingerprint density at radius 1 is 1.29 bits per heavy atom. The highest BCUT2D eigenvalue weighted by Crippen LogP contribution is 2.31. The van der Waals surface area contributed by atoms with E-state index in [0.29, 0.717) is 12.1 Å². The van der Waals surface area contributed by atoms with Gasteiger partial charge < -0.3 is 10.6 Å². The molecule has 4 nitrogen and oxygen atoms in total. The Labute approximate surface area is 101 Å². The van der Waals surface area contributed by atoms with Crippen LogP contribution in [0.2, 0.25) is 0 Å². The summed E-state index contributed by atoms with van der Waals surface area (Å²) >= 11 is 0. The van der Waals surface area contributed by atoms with Crippen LogP contribution in [0.5, 0.6) is 0 Å². The van der Waals surface area contributed by atoms with Gasteiger partial charge in [0.25, 0.3) is 0 Å². The van der Waals surface area contributed by atoms with Crippen molar-refractivity contribution in [2.24, 2.45) is 0 Å². The molecule has 0 aliphatic carbocycles. The molecule has 4 heteroatoms. The van der Waals surface area contributed by atoms with Crippen molar-refractivity contribution in [3.63, 3.8) is 0 Å². The molecule has 0 spiro atoms. The monoisotopic (exact) mass is 234 g/mol. The van der Waals surface area contributed by atoms with Crippen molar-refractivity contribution < 1.29 is 9.59 Å². The van der Waals surface area contributed by atoms with Gasteiger partial charge in [0.15, 0.2) is 0 Å². The number of rotatable bonds is 3. The van der Waals surface area contributed by atoms with E-state index in [1.165, 1.54) is 6.92 Å². The first-order chi connectivity index (χ1) is 7.84. The molecule has 0 aromatic heterocycles. The highest BCUT2D eigenvalue weighted by Gasteiger charge is 2.18. The fourth-order valence-corrected chi connectivity index (χ4v) is 1.66. The van der Waals surface area contributed by atoms with Gasteiger partial charge in [-0.1, -0.05) is 26.8 Å². The number of benzene rings is 1. The molecule has 0 bridgehead atoms. The summed E-state index contributed by atoms with van der Waals surface area (Å²) in [5.41, 5.74) is 2.35. The zero-order valence-electron chi connectivity index (χ0n) is 10.6. The van der Waals surface area contributed by atoms with Gasteiger partial charge in [-0.25, -0.2) is 0 Å². The van der Waals surface area contributed by atoms with Crippen molar-refractivity contribution in [2.45, 2.75) is 33.1 Å². The Morgan fingerprint density at radius 3 is 2.41 bits per heavy atom. The van der Waals surface area contributed by atoms with Crippen LogP contribution in [-0.2, 0) is 15.0 Å². The molecule has 0 atom stereocenters. The first-order valence-electron chi connectivity index (χ1n) is 5.47. The van der Waals surface area contributed by atoms with Crippen LogP contribution in [0.15, 0.2) is 18.2 Å². The summed E-state index contributed by atoms with van der Waals surface area (Å²) in [6, 6.07) is 5.51. The van der Waals surface area contributed by atoms with E-state index in [-0.39, 0.29) is 11.3 Å². The predicted octanol–water partition coefficient (Wildman–Crippen LogP) is 2.51. The molecule has 17 heavy (non-hydrogen) atoms. The summed E-state index contributed by atoms with van der Waals surface area (Å²) in [5.74, 6) is -0.134. The molecule has 0 aliphatic rings. The van der Waals surface area contributed by atoms with Gasteiger partial charge in [0, 0.05) is 18.3 Å². The van der Waals surface area contributed by atoms with Crippen molar-refractivity contribution in [3.8, 4) is 0 Å². The zero-order valence-corrected chi connectivity index (χ0v) is 10.6. The molecule has 92 valence electrons. The van der Waals surface area contributed by atoms with Gasteiger partial charge in [-0.3, -0.25) is 9.59 Å². The van der Waals surface area contributed by atoms with Crippen molar-refractivity contribution in [1.82, 2.24) is 0 Å². The van der Waals surface area contributed by atoms with E-state index < -0.39 is 0 Å². The van der Waals surface area contributed by atoms with Gasteiger partial charge in [-0.15, -0.1) is 0 Å². The SMILES string of the molecule is CC(=O)Nc1ccc(C(C)(C)C)c(NC=O)c1. The van der Waals surface area contributed by atoms with E-state index in [2.05, 4.69) is 31.4 Å². The lowest BCUT2D eigenvalue weighted by atomic mass is 9.85. The minimum atomic E-state index is -0.134. The first kappa shape index (κ1) is 13.2. The Morgan fingerprint density at radius 2 is 1.94 bits per heavy atom. The highest BCUT2D eigenvalue weighted by atomic mass is 16.1. The predicted molar refractivity (Wildman–Crippen MR) is 69.1 cm³/mol. The van der Waals surface area contributed by atoms with Crippen LogP contribution < -0.4 is 10.6 Å². The zero-order chi connectivity index (χ0) is 13.1. The van der Waals surface area contributed by atoms with Crippen molar-refractivity contribution in [2.75, 3.05) is 10.6 Å². The fraction of sp³-hybridized carbons (Fsp3) is 0.385. The third kappa shape index (κ3) is 3.59. The highest BCUT2D eigenvalue weighted by molar-refractivity contribution is 5.90. The van der Waals surface area contributed by atoms with Gasteiger partial charge in [0.1, 0.15) is 0 Å². The molecule has 0 fully saturated rings. The maximum atomic E-state index is 11.0. The number of carbonyl (C=O) groups excluding carboxylic acids is 2. The van der Waals surface area contributed by atoms with Gasteiger partial charge in [-0.2, -0.15) is 0 Å². The van der Waals surface area contributed by atoms with Crippen LogP contribution in [0.3, 0.4) is 0 Å². The standard InChI is InChI=1S/C13H18N2O2/c1-9(17)15-10-5-6-11(13(2,3)4)12(7-10)14-8-16/h5-8H,1-4H3,(H,14,16)(H,15,17). The van der Waals surface area contributed by atoms with E-state index >= 15 is 0 Å². The maximum Gasteiger partial charge on any atom is 0.221 e. The third-order valence-electron chi connectivity index (χ3n) is 2.36. The molecule has 0 saturated heterocycles. The molecular formula is C13H18N2O2. The topological polar surface area (TPSA) is 58.2 Å². The Balaban J connectivity index is 3.16. The average Bonchev–Trinajstić information content (AvgIpc) is 2.15. The Hall–Kier alpha value is -1.84. The number of anilines is 2. The van der Waals surface area contributed by atoms with Gasteiger partial charge >= 0.3 is 0 Å². The molecule has 1 rings (SSSR count). The van der Waals surface area contributed by atoms with E-state index in [9.17, 15) is 9.59 Å². The van der Waals surface area contributed by atoms with E-state index in [0.717, 1.165) is 11.3 Å². The summed E-state index contributed by atoms with van der Waals surface area (Å²) in [6.45, 7) is 7.65. The smallest absolute Gasteiger partial charge is 0.221 e. The minimum absolute atomic E-state index is 0.0693. The summed E-state index contributed by atoms with van der Waals surface area (Å²) < 4.78 is 0. The van der Waals surface area contributed by atoms with Gasteiger partial charge in [0.2, 0.25) is 12.3 Å². The van der Waals surface area contributed by atoms with Crippen LogP contribution in [0.1, 0.15) is 33.3 Å². The van der Waals surface area contributed by atoms with Crippen molar-refractivity contribution >= 4 is 23.7 Å². The molecule has 0 saturated carbocycles. The van der Waals surface area contributed by atoms with E-state index in [4.69, 9.17) is 0 Å². The number of hydrogen-bond donors (Lipinski definition) is 2. The lowest BCUT2D eigenvalue weighted by Gasteiger charge is -2.23. The molecule has 0 heterocycles.